The number of methoxy groups -OCH3 is 2. The number of nitrogens with zero attached hydrogens (tertiary/aromatic N) is 3. The van der Waals surface area contributed by atoms with Gasteiger partial charge in [0.25, 0.3) is 5.91 Å². The zero-order valence-electron chi connectivity index (χ0n) is 18.5. The van der Waals surface area contributed by atoms with Gasteiger partial charge in [0.2, 0.25) is 11.7 Å². The second-order valence-electron chi connectivity index (χ2n) is 7.05. The van der Waals surface area contributed by atoms with Gasteiger partial charge in [-0.05, 0) is 56.2 Å². The van der Waals surface area contributed by atoms with Crippen molar-refractivity contribution >= 4 is 5.91 Å². The zero-order chi connectivity index (χ0) is 22.4. The van der Waals surface area contributed by atoms with Gasteiger partial charge in [0.1, 0.15) is 12.3 Å². The van der Waals surface area contributed by atoms with E-state index in [1.54, 1.807) is 31.3 Å². The number of benzene rings is 2. The van der Waals surface area contributed by atoms with Gasteiger partial charge >= 0.3 is 0 Å². The predicted octanol–water partition coefficient (Wildman–Crippen LogP) is 3.80. The smallest absolute Gasteiger partial charge is 0.260 e. The molecule has 31 heavy (non-hydrogen) atoms. The van der Waals surface area contributed by atoms with Crippen LogP contribution >= 0.6 is 0 Å². The van der Waals surface area contributed by atoms with Gasteiger partial charge in [-0.25, -0.2) is 0 Å². The fraction of sp³-hybridized carbons (Fsp3) is 0.348. The molecule has 0 N–H and O–H groups in total. The van der Waals surface area contributed by atoms with Crippen molar-refractivity contribution < 1.29 is 23.5 Å². The second-order valence-corrected chi connectivity index (χ2v) is 7.05. The fourth-order valence-electron chi connectivity index (χ4n) is 3.04. The van der Waals surface area contributed by atoms with Gasteiger partial charge in [-0.3, -0.25) is 4.79 Å². The van der Waals surface area contributed by atoms with Gasteiger partial charge < -0.3 is 23.6 Å². The van der Waals surface area contributed by atoms with Crippen LogP contribution in [0.4, 0.5) is 0 Å². The third kappa shape index (κ3) is 5.33. The summed E-state index contributed by atoms with van der Waals surface area (Å²) in [5, 5.41) is 4.03. The molecule has 1 aromatic heterocycles. The van der Waals surface area contributed by atoms with Gasteiger partial charge in [-0.1, -0.05) is 17.3 Å². The molecule has 0 spiro atoms. The van der Waals surface area contributed by atoms with Crippen LogP contribution < -0.4 is 14.2 Å². The average Bonchev–Trinajstić information content (AvgIpc) is 3.26. The van der Waals surface area contributed by atoms with Crippen molar-refractivity contribution in [2.45, 2.75) is 27.3 Å². The molecule has 3 aromatic rings. The molecule has 0 saturated carbocycles. The van der Waals surface area contributed by atoms with Gasteiger partial charge in [-0.15, -0.1) is 0 Å². The maximum Gasteiger partial charge on any atom is 0.260 e. The summed E-state index contributed by atoms with van der Waals surface area (Å²) in [5.74, 6) is 2.48. The first-order valence-corrected chi connectivity index (χ1v) is 9.98. The van der Waals surface area contributed by atoms with E-state index in [0.29, 0.717) is 35.5 Å². The Hall–Kier alpha value is -3.55. The Kier molecular flexibility index (Phi) is 7.12. The molecule has 2 aromatic carbocycles. The van der Waals surface area contributed by atoms with Crippen molar-refractivity contribution in [3.63, 3.8) is 0 Å². The van der Waals surface area contributed by atoms with Crippen molar-refractivity contribution in [3.05, 3.63) is 53.4 Å². The molecule has 0 unspecified atom stereocenters. The van der Waals surface area contributed by atoms with Crippen molar-refractivity contribution in [2.24, 2.45) is 0 Å². The van der Waals surface area contributed by atoms with Crippen molar-refractivity contribution in [3.8, 4) is 28.6 Å². The summed E-state index contributed by atoms with van der Waals surface area (Å²) in [4.78, 5) is 18.7. The van der Waals surface area contributed by atoms with E-state index in [0.717, 1.165) is 16.7 Å². The Morgan fingerprint density at radius 1 is 1.03 bits per heavy atom. The van der Waals surface area contributed by atoms with Crippen LogP contribution in [0, 0.1) is 13.8 Å². The Balaban J connectivity index is 1.66. The average molecular weight is 425 g/mol. The maximum atomic E-state index is 12.7. The summed E-state index contributed by atoms with van der Waals surface area (Å²) in [5.41, 5.74) is 2.78. The van der Waals surface area contributed by atoms with Crippen molar-refractivity contribution in [2.75, 3.05) is 27.4 Å². The normalized spacial score (nSPS) is 10.6. The van der Waals surface area contributed by atoms with Crippen LogP contribution in [0.25, 0.3) is 11.4 Å². The van der Waals surface area contributed by atoms with Crippen LogP contribution in [-0.4, -0.2) is 48.3 Å². The molecule has 8 nitrogen and oxygen atoms in total. The Morgan fingerprint density at radius 3 is 2.52 bits per heavy atom. The summed E-state index contributed by atoms with van der Waals surface area (Å²) in [6, 6.07) is 11.3. The minimum Gasteiger partial charge on any atom is -0.493 e. The topological polar surface area (TPSA) is 86.9 Å². The first kappa shape index (κ1) is 22.1. The van der Waals surface area contributed by atoms with Crippen LogP contribution in [0.2, 0.25) is 0 Å². The summed E-state index contributed by atoms with van der Waals surface area (Å²) < 4.78 is 21.7. The molecule has 0 radical (unpaired) electrons. The number of aromatic nitrogens is 2. The molecule has 3 rings (SSSR count). The lowest BCUT2D eigenvalue weighted by Crippen LogP contribution is -2.34. The minimum absolute atomic E-state index is 0.0607. The lowest BCUT2D eigenvalue weighted by molar-refractivity contribution is -0.134. The maximum absolute atomic E-state index is 12.7. The van der Waals surface area contributed by atoms with Gasteiger partial charge in [0, 0.05) is 12.1 Å². The number of carbonyl (C=O) groups excluding carboxylic acids is 1. The zero-order valence-corrected chi connectivity index (χ0v) is 18.5. The number of hydrogen-bond acceptors (Lipinski definition) is 7. The Labute approximate surface area is 181 Å². The number of carbonyl (C=O) groups is 1. The molecule has 0 bridgehead atoms. The predicted molar refractivity (Wildman–Crippen MR) is 115 cm³/mol. The SMILES string of the molecule is CCN(Cc1nc(-c2ccc(OC)c(OC)c2)no1)C(=O)COc1cc(C)ccc1C. The number of ether oxygens (including phenoxy) is 3. The van der Waals surface area contributed by atoms with Crippen LogP contribution in [0.3, 0.4) is 0 Å². The summed E-state index contributed by atoms with van der Waals surface area (Å²) in [6.45, 7) is 6.45. The van der Waals surface area contributed by atoms with E-state index in [2.05, 4.69) is 10.1 Å². The number of hydrogen-bond donors (Lipinski definition) is 0. The molecular weight excluding hydrogens is 398 g/mol. The van der Waals surface area contributed by atoms with Crippen LogP contribution in [0.1, 0.15) is 23.9 Å². The van der Waals surface area contributed by atoms with E-state index in [1.807, 2.05) is 45.0 Å². The highest BCUT2D eigenvalue weighted by Gasteiger charge is 2.18. The van der Waals surface area contributed by atoms with Crippen molar-refractivity contribution in [1.82, 2.24) is 15.0 Å². The molecule has 1 heterocycles. The van der Waals surface area contributed by atoms with Gasteiger partial charge in [0.15, 0.2) is 18.1 Å². The molecular formula is C23H27N3O5. The van der Waals surface area contributed by atoms with Crippen LogP contribution in [0.5, 0.6) is 17.2 Å². The molecule has 1 amide bonds. The third-order valence-corrected chi connectivity index (χ3v) is 4.87. The molecule has 0 fully saturated rings. The van der Waals surface area contributed by atoms with E-state index in [9.17, 15) is 4.79 Å². The van der Waals surface area contributed by atoms with E-state index >= 15 is 0 Å². The monoisotopic (exact) mass is 425 g/mol. The molecule has 8 heteroatoms. The Bertz CT molecular complexity index is 1050. The number of rotatable bonds is 9. The highest BCUT2D eigenvalue weighted by molar-refractivity contribution is 5.77. The molecule has 164 valence electrons. The first-order chi connectivity index (χ1) is 14.9. The quantitative estimate of drug-likeness (QED) is 0.515. The Morgan fingerprint density at radius 2 is 1.81 bits per heavy atom. The van der Waals surface area contributed by atoms with Gasteiger partial charge in [0.05, 0.1) is 14.2 Å². The van der Waals surface area contributed by atoms with E-state index in [1.165, 1.54) is 0 Å². The highest BCUT2D eigenvalue weighted by Crippen LogP contribution is 2.31. The summed E-state index contributed by atoms with van der Waals surface area (Å²) in [7, 11) is 3.14. The number of aryl methyl sites for hydroxylation is 2. The third-order valence-electron chi connectivity index (χ3n) is 4.87. The summed E-state index contributed by atoms with van der Waals surface area (Å²) in [6.07, 6.45) is 0. The van der Waals surface area contributed by atoms with Crippen LogP contribution in [-0.2, 0) is 11.3 Å². The van der Waals surface area contributed by atoms with E-state index < -0.39 is 0 Å². The largest absolute Gasteiger partial charge is 0.493 e. The lowest BCUT2D eigenvalue weighted by atomic mass is 10.1. The standard InChI is InChI=1S/C23H27N3O5/c1-6-26(22(27)14-30-19-11-15(2)7-8-16(19)3)13-21-24-23(25-31-21)17-9-10-18(28-4)20(12-17)29-5/h7-12H,6,13-14H2,1-5H3. The fourth-order valence-corrected chi connectivity index (χ4v) is 3.04. The van der Waals surface area contributed by atoms with Crippen molar-refractivity contribution in [1.29, 1.82) is 0 Å². The van der Waals surface area contributed by atoms with Gasteiger partial charge in [-0.2, -0.15) is 4.98 Å². The van der Waals surface area contributed by atoms with E-state index in [-0.39, 0.29) is 19.1 Å². The number of amides is 1. The molecule has 0 atom stereocenters. The lowest BCUT2D eigenvalue weighted by Gasteiger charge is -2.19. The number of likely N-dealkylation sites (N-methyl/N-ethyl adjacent to an activating group) is 1. The van der Waals surface area contributed by atoms with Crippen LogP contribution in [0.15, 0.2) is 40.9 Å². The molecule has 0 aliphatic rings. The second kappa shape index (κ2) is 9.97. The molecule has 0 aliphatic heterocycles. The molecule has 0 saturated heterocycles. The molecule has 0 aliphatic carbocycles. The summed E-state index contributed by atoms with van der Waals surface area (Å²) >= 11 is 0. The highest BCUT2D eigenvalue weighted by atomic mass is 16.5. The first-order valence-electron chi connectivity index (χ1n) is 9.98. The van der Waals surface area contributed by atoms with E-state index in [4.69, 9.17) is 18.7 Å². The minimum atomic E-state index is -0.158.